The summed E-state index contributed by atoms with van der Waals surface area (Å²) in [7, 11) is 1.71. The van der Waals surface area contributed by atoms with Crippen molar-refractivity contribution in [3.05, 3.63) is 35.4 Å². The van der Waals surface area contributed by atoms with Crippen LogP contribution in [0.5, 0.6) is 5.75 Å². The number of benzene rings is 1. The molecule has 0 radical (unpaired) electrons. The van der Waals surface area contributed by atoms with Gasteiger partial charge in [-0.2, -0.15) is 0 Å². The van der Waals surface area contributed by atoms with E-state index in [1.807, 2.05) is 12.1 Å². The van der Waals surface area contributed by atoms with E-state index in [1.54, 1.807) is 7.11 Å². The summed E-state index contributed by atoms with van der Waals surface area (Å²) in [5.74, 6) is 1.43. The summed E-state index contributed by atoms with van der Waals surface area (Å²) in [6.45, 7) is 0.702. The Kier molecular flexibility index (Phi) is 2.55. The van der Waals surface area contributed by atoms with Gasteiger partial charge in [0.05, 0.1) is 7.11 Å². The van der Waals surface area contributed by atoms with Gasteiger partial charge in [-0.25, -0.2) is 0 Å². The number of ether oxygens (including phenoxy) is 1. The zero-order valence-electron chi connectivity index (χ0n) is 8.36. The van der Waals surface area contributed by atoms with Gasteiger partial charge < -0.3 is 10.5 Å². The molecule has 74 valence electrons. The van der Waals surface area contributed by atoms with E-state index in [0.717, 1.165) is 12.2 Å². The van der Waals surface area contributed by atoms with Crippen LogP contribution in [0, 0.1) is 5.92 Å². The molecule has 0 bridgehead atoms. The van der Waals surface area contributed by atoms with E-state index in [1.165, 1.54) is 11.1 Å². The lowest BCUT2D eigenvalue weighted by atomic mass is 9.89. The standard InChI is InChI=1S/C12H15NO/c1-14-12-4-2-3-10-6-5-9(8-13)7-11(10)12/h2-6,9H,7-8,13H2,1H3. The van der Waals surface area contributed by atoms with E-state index in [0.29, 0.717) is 12.5 Å². The third-order valence-electron chi connectivity index (χ3n) is 2.71. The van der Waals surface area contributed by atoms with Gasteiger partial charge in [0.15, 0.2) is 0 Å². The molecule has 1 atom stereocenters. The lowest BCUT2D eigenvalue weighted by molar-refractivity contribution is 0.406. The van der Waals surface area contributed by atoms with E-state index in [2.05, 4.69) is 18.2 Å². The van der Waals surface area contributed by atoms with E-state index in [9.17, 15) is 0 Å². The average molecular weight is 189 g/mol. The van der Waals surface area contributed by atoms with Crippen molar-refractivity contribution in [2.75, 3.05) is 13.7 Å². The second kappa shape index (κ2) is 3.84. The fourth-order valence-electron chi connectivity index (χ4n) is 1.88. The molecule has 0 saturated carbocycles. The molecule has 0 aliphatic heterocycles. The molecule has 1 aliphatic rings. The van der Waals surface area contributed by atoms with Crippen molar-refractivity contribution in [3.8, 4) is 5.75 Å². The van der Waals surface area contributed by atoms with Crippen LogP contribution >= 0.6 is 0 Å². The van der Waals surface area contributed by atoms with Gasteiger partial charge in [-0.1, -0.05) is 24.3 Å². The largest absolute Gasteiger partial charge is 0.496 e. The molecule has 1 aromatic rings. The lowest BCUT2D eigenvalue weighted by Crippen LogP contribution is -2.17. The van der Waals surface area contributed by atoms with Crippen LogP contribution in [0.15, 0.2) is 24.3 Å². The van der Waals surface area contributed by atoms with Crippen molar-refractivity contribution in [1.29, 1.82) is 0 Å². The zero-order chi connectivity index (χ0) is 9.97. The van der Waals surface area contributed by atoms with Gasteiger partial charge in [0.1, 0.15) is 5.75 Å². The van der Waals surface area contributed by atoms with Gasteiger partial charge in [0, 0.05) is 5.56 Å². The molecule has 0 saturated heterocycles. The number of rotatable bonds is 2. The summed E-state index contributed by atoms with van der Waals surface area (Å²) in [4.78, 5) is 0. The molecule has 2 heteroatoms. The highest BCUT2D eigenvalue weighted by Crippen LogP contribution is 2.29. The zero-order valence-corrected chi connectivity index (χ0v) is 8.36. The maximum Gasteiger partial charge on any atom is 0.122 e. The Hall–Kier alpha value is -1.28. The molecule has 0 fully saturated rings. The van der Waals surface area contributed by atoms with Crippen LogP contribution < -0.4 is 10.5 Å². The molecule has 0 heterocycles. The van der Waals surface area contributed by atoms with Crippen LogP contribution in [0.2, 0.25) is 0 Å². The van der Waals surface area contributed by atoms with Gasteiger partial charge >= 0.3 is 0 Å². The Bertz CT molecular complexity index is 357. The predicted molar refractivity (Wildman–Crippen MR) is 58.3 cm³/mol. The van der Waals surface area contributed by atoms with E-state index in [-0.39, 0.29) is 0 Å². The first kappa shape index (κ1) is 9.28. The normalized spacial score (nSPS) is 19.1. The molecule has 0 aromatic heterocycles. The molecule has 1 unspecified atom stereocenters. The number of methoxy groups -OCH3 is 1. The Morgan fingerprint density at radius 2 is 2.36 bits per heavy atom. The first-order chi connectivity index (χ1) is 6.85. The van der Waals surface area contributed by atoms with Crippen molar-refractivity contribution < 1.29 is 4.74 Å². The van der Waals surface area contributed by atoms with Gasteiger partial charge in [-0.05, 0) is 30.5 Å². The third kappa shape index (κ3) is 1.53. The van der Waals surface area contributed by atoms with Crippen LogP contribution in [0.25, 0.3) is 6.08 Å². The molecule has 14 heavy (non-hydrogen) atoms. The molecule has 2 nitrogen and oxygen atoms in total. The van der Waals surface area contributed by atoms with Crippen LogP contribution in [-0.4, -0.2) is 13.7 Å². The molecule has 1 aromatic carbocycles. The quantitative estimate of drug-likeness (QED) is 0.770. The summed E-state index contributed by atoms with van der Waals surface area (Å²) >= 11 is 0. The highest BCUT2D eigenvalue weighted by atomic mass is 16.5. The third-order valence-corrected chi connectivity index (χ3v) is 2.71. The van der Waals surface area contributed by atoms with Gasteiger partial charge in [0.25, 0.3) is 0 Å². The Balaban J connectivity index is 2.40. The minimum absolute atomic E-state index is 0.457. The summed E-state index contributed by atoms with van der Waals surface area (Å²) in [6, 6.07) is 6.14. The van der Waals surface area contributed by atoms with Gasteiger partial charge in [-0.15, -0.1) is 0 Å². The minimum atomic E-state index is 0.457. The Morgan fingerprint density at radius 1 is 1.50 bits per heavy atom. The Labute approximate surface area is 84.4 Å². The monoisotopic (exact) mass is 189 g/mol. The number of hydrogen-bond donors (Lipinski definition) is 1. The SMILES string of the molecule is COc1cccc2c1CC(CN)C=C2. The summed E-state index contributed by atoms with van der Waals surface area (Å²) in [5, 5.41) is 0. The second-order valence-corrected chi connectivity index (χ2v) is 3.59. The number of fused-ring (bicyclic) bond motifs is 1. The maximum absolute atomic E-state index is 5.66. The van der Waals surface area contributed by atoms with Crippen LogP contribution in [0.1, 0.15) is 11.1 Å². The van der Waals surface area contributed by atoms with E-state index >= 15 is 0 Å². The predicted octanol–water partition coefficient (Wildman–Crippen LogP) is 1.84. The first-order valence-electron chi connectivity index (χ1n) is 4.89. The molecule has 2 rings (SSSR count). The fraction of sp³-hybridized carbons (Fsp3) is 0.333. The fourth-order valence-corrected chi connectivity index (χ4v) is 1.88. The topological polar surface area (TPSA) is 35.2 Å². The molecular formula is C12H15NO. The van der Waals surface area contributed by atoms with Crippen LogP contribution in [0.4, 0.5) is 0 Å². The minimum Gasteiger partial charge on any atom is -0.496 e. The number of hydrogen-bond acceptors (Lipinski definition) is 2. The smallest absolute Gasteiger partial charge is 0.122 e. The summed E-state index contributed by atoms with van der Waals surface area (Å²) in [5.41, 5.74) is 8.20. The number of nitrogens with two attached hydrogens (primary N) is 1. The molecule has 0 spiro atoms. The van der Waals surface area contributed by atoms with E-state index in [4.69, 9.17) is 10.5 Å². The second-order valence-electron chi connectivity index (χ2n) is 3.59. The average Bonchev–Trinajstić information content (AvgIpc) is 2.27. The summed E-state index contributed by atoms with van der Waals surface area (Å²) in [6.07, 6.45) is 5.31. The van der Waals surface area contributed by atoms with E-state index < -0.39 is 0 Å². The first-order valence-corrected chi connectivity index (χ1v) is 4.89. The van der Waals surface area contributed by atoms with Gasteiger partial charge in [0.2, 0.25) is 0 Å². The molecule has 0 amide bonds. The van der Waals surface area contributed by atoms with Crippen LogP contribution in [-0.2, 0) is 6.42 Å². The van der Waals surface area contributed by atoms with Crippen molar-refractivity contribution in [2.45, 2.75) is 6.42 Å². The maximum atomic E-state index is 5.66. The van der Waals surface area contributed by atoms with Crippen LogP contribution in [0.3, 0.4) is 0 Å². The summed E-state index contributed by atoms with van der Waals surface area (Å²) < 4.78 is 5.33. The molecular weight excluding hydrogens is 174 g/mol. The molecule has 1 aliphatic carbocycles. The van der Waals surface area contributed by atoms with Crippen molar-refractivity contribution in [2.24, 2.45) is 11.7 Å². The highest BCUT2D eigenvalue weighted by molar-refractivity contribution is 5.60. The van der Waals surface area contributed by atoms with Crippen molar-refractivity contribution in [3.63, 3.8) is 0 Å². The van der Waals surface area contributed by atoms with Gasteiger partial charge in [-0.3, -0.25) is 0 Å². The Morgan fingerprint density at radius 3 is 3.07 bits per heavy atom. The molecule has 2 N–H and O–H groups in total. The van der Waals surface area contributed by atoms with Crippen molar-refractivity contribution in [1.82, 2.24) is 0 Å². The lowest BCUT2D eigenvalue weighted by Gasteiger charge is -2.19. The van der Waals surface area contributed by atoms with Crippen molar-refractivity contribution >= 4 is 6.08 Å². The highest BCUT2D eigenvalue weighted by Gasteiger charge is 2.15.